The molecule has 0 aromatic carbocycles. The normalized spacial score (nSPS) is 24.2. The average molecular weight is 430 g/mol. The van der Waals surface area contributed by atoms with Crippen LogP contribution < -0.4 is 10.2 Å². The van der Waals surface area contributed by atoms with E-state index in [9.17, 15) is 9.59 Å². The zero-order chi connectivity index (χ0) is 21.8. The standard InChI is InChI=1S/C23H35N5O3/c1-16(29)27-11-13-28(14-12-27)21-15-19(25-22(26-21)17-3-4-17)9-10-24-23(30)18-5-7-20(31-2)8-6-18/h15,17-18,20H,3-14H2,1-2H3,(H,24,30). The van der Waals surface area contributed by atoms with Crippen LogP contribution in [-0.4, -0.2) is 72.6 Å². The summed E-state index contributed by atoms with van der Waals surface area (Å²) in [5.41, 5.74) is 0.990. The number of rotatable bonds is 7. The molecular formula is C23H35N5O3. The Morgan fingerprint density at radius 1 is 1.06 bits per heavy atom. The van der Waals surface area contributed by atoms with Crippen LogP contribution in [0.2, 0.25) is 0 Å². The highest BCUT2D eigenvalue weighted by atomic mass is 16.5. The van der Waals surface area contributed by atoms with E-state index in [1.165, 1.54) is 0 Å². The number of ether oxygens (including phenoxy) is 1. The van der Waals surface area contributed by atoms with E-state index in [-0.39, 0.29) is 17.7 Å². The van der Waals surface area contributed by atoms with Gasteiger partial charge in [0.25, 0.3) is 0 Å². The van der Waals surface area contributed by atoms with E-state index in [1.807, 2.05) is 4.90 Å². The maximum Gasteiger partial charge on any atom is 0.223 e. The molecule has 31 heavy (non-hydrogen) atoms. The van der Waals surface area contributed by atoms with Gasteiger partial charge < -0.3 is 19.9 Å². The van der Waals surface area contributed by atoms with Gasteiger partial charge in [-0.15, -0.1) is 0 Å². The lowest BCUT2D eigenvalue weighted by Gasteiger charge is -2.35. The number of carbonyl (C=O) groups is 2. The van der Waals surface area contributed by atoms with Crippen LogP contribution in [0.25, 0.3) is 0 Å². The van der Waals surface area contributed by atoms with E-state index >= 15 is 0 Å². The molecule has 0 radical (unpaired) electrons. The molecule has 2 amide bonds. The molecule has 3 fully saturated rings. The van der Waals surface area contributed by atoms with Gasteiger partial charge >= 0.3 is 0 Å². The summed E-state index contributed by atoms with van der Waals surface area (Å²) in [6.45, 7) is 5.27. The molecule has 3 aliphatic rings. The fraction of sp³-hybridized carbons (Fsp3) is 0.739. The number of nitrogens with zero attached hydrogens (tertiary/aromatic N) is 4. The van der Waals surface area contributed by atoms with Crippen LogP contribution in [-0.2, 0) is 20.7 Å². The van der Waals surface area contributed by atoms with Crippen molar-refractivity contribution in [2.45, 2.75) is 63.9 Å². The molecule has 2 heterocycles. The van der Waals surface area contributed by atoms with Crippen molar-refractivity contribution in [2.24, 2.45) is 5.92 Å². The molecule has 8 heteroatoms. The molecule has 0 unspecified atom stereocenters. The highest BCUT2D eigenvalue weighted by Gasteiger charge is 2.29. The lowest BCUT2D eigenvalue weighted by atomic mass is 9.87. The van der Waals surface area contributed by atoms with E-state index in [1.54, 1.807) is 14.0 Å². The second-order valence-electron chi connectivity index (χ2n) is 9.09. The molecule has 8 nitrogen and oxygen atoms in total. The molecule has 2 saturated carbocycles. The van der Waals surface area contributed by atoms with Gasteiger partial charge in [-0.1, -0.05) is 0 Å². The Labute approximate surface area is 184 Å². The monoisotopic (exact) mass is 429 g/mol. The highest BCUT2D eigenvalue weighted by molar-refractivity contribution is 5.78. The van der Waals surface area contributed by atoms with Crippen LogP contribution >= 0.6 is 0 Å². The molecule has 1 aliphatic heterocycles. The zero-order valence-corrected chi connectivity index (χ0v) is 18.8. The second kappa shape index (κ2) is 9.94. The van der Waals surface area contributed by atoms with Crippen molar-refractivity contribution in [3.63, 3.8) is 0 Å². The van der Waals surface area contributed by atoms with Crippen LogP contribution in [0.1, 0.15) is 62.9 Å². The highest BCUT2D eigenvalue weighted by Crippen LogP contribution is 2.38. The Bertz CT molecular complexity index is 781. The maximum absolute atomic E-state index is 12.5. The van der Waals surface area contributed by atoms with Crippen LogP contribution in [0.3, 0.4) is 0 Å². The van der Waals surface area contributed by atoms with E-state index in [2.05, 4.69) is 16.3 Å². The number of carbonyl (C=O) groups excluding carboxylic acids is 2. The van der Waals surface area contributed by atoms with Crippen LogP contribution in [0.5, 0.6) is 0 Å². The van der Waals surface area contributed by atoms with Crippen molar-refractivity contribution in [1.29, 1.82) is 0 Å². The molecule has 0 spiro atoms. The van der Waals surface area contributed by atoms with Gasteiger partial charge in [-0.2, -0.15) is 0 Å². The number of hydrogen-bond donors (Lipinski definition) is 1. The molecule has 170 valence electrons. The number of amides is 2. The second-order valence-corrected chi connectivity index (χ2v) is 9.09. The Morgan fingerprint density at radius 3 is 2.39 bits per heavy atom. The van der Waals surface area contributed by atoms with Crippen LogP contribution in [0.4, 0.5) is 5.82 Å². The summed E-state index contributed by atoms with van der Waals surface area (Å²) in [6, 6.07) is 2.06. The van der Waals surface area contributed by atoms with Crippen LogP contribution in [0, 0.1) is 5.92 Å². The van der Waals surface area contributed by atoms with E-state index < -0.39 is 0 Å². The first kappa shape index (κ1) is 22.0. The first-order valence-corrected chi connectivity index (χ1v) is 11.7. The lowest BCUT2D eigenvalue weighted by molar-refractivity contribution is -0.129. The minimum atomic E-state index is 0.104. The number of hydrogen-bond acceptors (Lipinski definition) is 6. The van der Waals surface area contributed by atoms with Crippen LogP contribution in [0.15, 0.2) is 6.07 Å². The van der Waals surface area contributed by atoms with E-state index in [4.69, 9.17) is 14.7 Å². The third-order valence-corrected chi connectivity index (χ3v) is 6.83. The molecule has 1 aromatic heterocycles. The van der Waals surface area contributed by atoms with Crippen molar-refractivity contribution >= 4 is 17.6 Å². The van der Waals surface area contributed by atoms with Gasteiger partial charge in [0.05, 0.1) is 6.10 Å². The summed E-state index contributed by atoms with van der Waals surface area (Å²) in [4.78, 5) is 37.9. The summed E-state index contributed by atoms with van der Waals surface area (Å²) < 4.78 is 5.40. The molecule has 4 rings (SSSR count). The molecular weight excluding hydrogens is 394 g/mol. The first-order valence-electron chi connectivity index (χ1n) is 11.7. The van der Waals surface area contributed by atoms with Gasteiger partial charge in [-0.05, 0) is 38.5 Å². The minimum absolute atomic E-state index is 0.104. The topological polar surface area (TPSA) is 87.7 Å². The fourth-order valence-corrected chi connectivity index (χ4v) is 4.59. The predicted octanol–water partition coefficient (Wildman–Crippen LogP) is 1.89. The zero-order valence-electron chi connectivity index (χ0n) is 18.8. The maximum atomic E-state index is 12.5. The van der Waals surface area contributed by atoms with Gasteiger partial charge in [0.1, 0.15) is 11.6 Å². The first-order chi connectivity index (χ1) is 15.0. The number of aromatic nitrogens is 2. The third-order valence-electron chi connectivity index (χ3n) is 6.83. The number of anilines is 1. The van der Waals surface area contributed by atoms with Crippen molar-refractivity contribution in [1.82, 2.24) is 20.2 Å². The Hall–Kier alpha value is -2.22. The lowest BCUT2D eigenvalue weighted by Crippen LogP contribution is -2.48. The van der Waals surface area contributed by atoms with Crippen molar-refractivity contribution < 1.29 is 14.3 Å². The summed E-state index contributed by atoms with van der Waals surface area (Å²) >= 11 is 0. The predicted molar refractivity (Wildman–Crippen MR) is 118 cm³/mol. The largest absolute Gasteiger partial charge is 0.381 e. The molecule has 1 aromatic rings. The van der Waals surface area contributed by atoms with Gasteiger partial charge in [-0.3, -0.25) is 9.59 Å². The van der Waals surface area contributed by atoms with Crippen molar-refractivity contribution in [3.05, 3.63) is 17.6 Å². The third kappa shape index (κ3) is 5.73. The van der Waals surface area contributed by atoms with E-state index in [0.29, 0.717) is 25.0 Å². The van der Waals surface area contributed by atoms with Gasteiger partial charge in [-0.25, -0.2) is 9.97 Å². The number of piperazine rings is 1. The summed E-state index contributed by atoms with van der Waals surface area (Å²) in [7, 11) is 1.75. The van der Waals surface area contributed by atoms with E-state index in [0.717, 1.165) is 82.0 Å². The minimum Gasteiger partial charge on any atom is -0.381 e. The van der Waals surface area contributed by atoms with Crippen molar-refractivity contribution in [3.8, 4) is 0 Å². The fourth-order valence-electron chi connectivity index (χ4n) is 4.59. The molecule has 2 aliphatic carbocycles. The summed E-state index contributed by atoms with van der Waals surface area (Å²) in [5, 5.41) is 3.12. The molecule has 0 bridgehead atoms. The van der Waals surface area contributed by atoms with Gasteiger partial charge in [0.2, 0.25) is 11.8 Å². The SMILES string of the molecule is COC1CCC(C(=O)NCCc2cc(N3CCN(C(C)=O)CC3)nc(C3CC3)n2)CC1. The molecule has 1 saturated heterocycles. The number of methoxy groups -OCH3 is 1. The van der Waals surface area contributed by atoms with Gasteiger partial charge in [0, 0.05) is 76.8 Å². The quantitative estimate of drug-likeness (QED) is 0.712. The summed E-state index contributed by atoms with van der Waals surface area (Å²) in [5.74, 6) is 2.76. The Balaban J connectivity index is 1.33. The van der Waals surface area contributed by atoms with Gasteiger partial charge in [0.15, 0.2) is 0 Å². The molecule has 0 atom stereocenters. The summed E-state index contributed by atoms with van der Waals surface area (Å²) in [6.07, 6.45) is 7.06. The Kier molecular flexibility index (Phi) is 7.05. The van der Waals surface area contributed by atoms with Crippen molar-refractivity contribution in [2.75, 3.05) is 44.7 Å². The smallest absolute Gasteiger partial charge is 0.223 e. The Morgan fingerprint density at radius 2 is 1.77 bits per heavy atom. The number of nitrogens with one attached hydrogen (secondary N) is 1. The average Bonchev–Trinajstić information content (AvgIpc) is 3.64. The molecule has 1 N–H and O–H groups in total.